The second-order valence-corrected chi connectivity index (χ2v) is 27.4. The number of benzene rings is 4. The third-order valence-electron chi connectivity index (χ3n) is 17.1. The zero-order valence-electron chi connectivity index (χ0n) is 61.4. The van der Waals surface area contributed by atoms with Crippen LogP contribution in [0.3, 0.4) is 0 Å². The third kappa shape index (κ3) is 30.0. The maximum atomic E-state index is 14.2. The van der Waals surface area contributed by atoms with Crippen molar-refractivity contribution in [3.05, 3.63) is 131 Å². The van der Waals surface area contributed by atoms with Gasteiger partial charge in [-0.3, -0.25) is 67.1 Å². The minimum atomic E-state index is -1.59. The summed E-state index contributed by atoms with van der Waals surface area (Å²) in [6.07, 6.45) is -2.28. The summed E-state index contributed by atoms with van der Waals surface area (Å²) in [6.45, 7) is 15.2. The number of aliphatic carboxylic acids is 2. The number of amides is 12. The Bertz CT molecular complexity index is 3400. The fourth-order valence-electron chi connectivity index (χ4n) is 10.8. The summed E-state index contributed by atoms with van der Waals surface area (Å²) >= 11 is 0. The Morgan fingerprint density at radius 3 is 0.858 bits per heavy atom. The van der Waals surface area contributed by atoms with Crippen LogP contribution < -0.4 is 75.3 Å². The lowest BCUT2D eigenvalue weighted by atomic mass is 9.98. The van der Waals surface area contributed by atoms with Gasteiger partial charge >= 0.3 is 11.9 Å². The molecule has 0 heterocycles. The van der Waals surface area contributed by atoms with Crippen molar-refractivity contribution in [3.8, 4) is 11.5 Å². The highest BCUT2D eigenvalue weighted by Gasteiger charge is 2.38. The maximum absolute atomic E-state index is 14.2. The van der Waals surface area contributed by atoms with Crippen LogP contribution in [0.4, 0.5) is 0 Å². The normalized spacial score (nSPS) is 14.6. The maximum Gasteiger partial charge on any atom is 0.303 e. The van der Waals surface area contributed by atoms with Crippen LogP contribution in [-0.2, 0) is 92.8 Å². The first-order chi connectivity index (χ1) is 49.9. The molecule has 12 atom stereocenters. The number of phenols is 2. The molecule has 32 nitrogen and oxygen atoms in total. The summed E-state index contributed by atoms with van der Waals surface area (Å²) in [4.78, 5) is 190. The topological polar surface area (TPSA) is 516 Å². The Morgan fingerprint density at radius 2 is 0.566 bits per heavy atom. The molecule has 106 heavy (non-hydrogen) atoms. The number of carbonyl (C=O) groups is 14. The highest BCUT2D eigenvalue weighted by atomic mass is 16.4. The Balaban J connectivity index is 1.40. The highest BCUT2D eigenvalue weighted by Crippen LogP contribution is 2.16. The summed E-state index contributed by atoms with van der Waals surface area (Å²) in [5.41, 5.74) is 14.7. The van der Waals surface area contributed by atoms with E-state index >= 15 is 0 Å². The first kappa shape index (κ1) is 87.4. The lowest BCUT2D eigenvalue weighted by Crippen LogP contribution is -2.61. The van der Waals surface area contributed by atoms with E-state index in [0.717, 1.165) is 0 Å². The second-order valence-electron chi connectivity index (χ2n) is 27.4. The van der Waals surface area contributed by atoms with E-state index in [0.29, 0.717) is 22.3 Å². The summed E-state index contributed by atoms with van der Waals surface area (Å²) in [5.74, 6) is -14.9. The lowest BCUT2D eigenvalue weighted by molar-refractivity contribution is -0.139. The van der Waals surface area contributed by atoms with E-state index in [1.807, 2.05) is 0 Å². The van der Waals surface area contributed by atoms with E-state index in [4.69, 9.17) is 11.5 Å². The van der Waals surface area contributed by atoms with Crippen LogP contribution in [-0.4, -0.2) is 189 Å². The Labute approximate surface area is 616 Å². The number of nitrogens with two attached hydrogens (primary N) is 2. The van der Waals surface area contributed by atoms with Crippen molar-refractivity contribution < 1.29 is 87.5 Å². The van der Waals surface area contributed by atoms with Crippen molar-refractivity contribution in [2.75, 3.05) is 13.1 Å². The molecule has 0 fully saturated rings. The van der Waals surface area contributed by atoms with Gasteiger partial charge in [0.05, 0.1) is 12.1 Å². The molecule has 4 rings (SSSR count). The van der Waals surface area contributed by atoms with Gasteiger partial charge in [-0.05, 0) is 110 Å². The number of carboxylic acid groups (broad SMARTS) is 2. The summed E-state index contributed by atoms with van der Waals surface area (Å²) in [5, 5.41) is 69.8. The fourth-order valence-corrected chi connectivity index (χ4v) is 10.8. The van der Waals surface area contributed by atoms with Crippen LogP contribution in [0.25, 0.3) is 0 Å². The van der Waals surface area contributed by atoms with Gasteiger partial charge in [0.1, 0.15) is 71.9 Å². The average Bonchev–Trinajstić information content (AvgIpc) is 0.853. The molecular formula is C74H104N14O18. The summed E-state index contributed by atoms with van der Waals surface area (Å²) < 4.78 is 0. The van der Waals surface area contributed by atoms with Gasteiger partial charge in [-0.2, -0.15) is 0 Å². The number of rotatable bonds is 43. The quantitative estimate of drug-likeness (QED) is 0.0248. The number of carbonyl (C=O) groups excluding carboxylic acids is 12. The summed E-state index contributed by atoms with van der Waals surface area (Å²) in [6, 6.07) is 13.1. The molecule has 20 N–H and O–H groups in total. The van der Waals surface area contributed by atoms with Gasteiger partial charge in [-0.1, -0.05) is 140 Å². The highest BCUT2D eigenvalue weighted by molar-refractivity contribution is 5.99. The largest absolute Gasteiger partial charge is 0.508 e. The minimum absolute atomic E-state index is 0.0162. The Hall–Kier alpha value is -11.0. The Kier molecular flexibility index (Phi) is 35.7. The molecule has 0 spiro atoms. The van der Waals surface area contributed by atoms with Crippen molar-refractivity contribution in [1.29, 1.82) is 0 Å². The first-order valence-corrected chi connectivity index (χ1v) is 35.1. The third-order valence-corrected chi connectivity index (χ3v) is 17.1. The molecule has 0 aliphatic heterocycles. The van der Waals surface area contributed by atoms with Crippen LogP contribution in [0.2, 0.25) is 0 Å². The molecule has 0 saturated carbocycles. The molecule has 0 unspecified atom stereocenters. The van der Waals surface area contributed by atoms with Gasteiger partial charge in [0.2, 0.25) is 70.9 Å². The Morgan fingerprint density at radius 1 is 0.302 bits per heavy atom. The molecular weight excluding hydrogens is 1370 g/mol. The molecule has 0 saturated heterocycles. The van der Waals surface area contributed by atoms with Crippen molar-refractivity contribution >= 4 is 82.8 Å². The van der Waals surface area contributed by atoms with Gasteiger partial charge in [0.15, 0.2) is 0 Å². The van der Waals surface area contributed by atoms with E-state index < -0.39 is 205 Å². The number of hydrogen-bond acceptors (Lipinski definition) is 18. The van der Waals surface area contributed by atoms with Crippen LogP contribution in [0.1, 0.15) is 117 Å². The van der Waals surface area contributed by atoms with Crippen LogP contribution in [0.5, 0.6) is 11.5 Å². The monoisotopic (exact) mass is 1480 g/mol. The van der Waals surface area contributed by atoms with Crippen LogP contribution in [0, 0.1) is 23.7 Å². The zero-order valence-corrected chi connectivity index (χ0v) is 61.4. The second kappa shape index (κ2) is 43.3. The molecule has 12 amide bonds. The smallest absolute Gasteiger partial charge is 0.303 e. The van der Waals surface area contributed by atoms with Gasteiger partial charge < -0.3 is 95.7 Å². The van der Waals surface area contributed by atoms with Crippen molar-refractivity contribution in [2.45, 2.75) is 193 Å². The van der Waals surface area contributed by atoms with E-state index in [-0.39, 0.29) is 50.3 Å². The van der Waals surface area contributed by atoms with Gasteiger partial charge in [0, 0.05) is 38.8 Å². The van der Waals surface area contributed by atoms with E-state index in [1.165, 1.54) is 38.1 Å². The summed E-state index contributed by atoms with van der Waals surface area (Å²) in [7, 11) is 0. The number of aromatic hydroxyl groups is 2. The molecule has 0 radical (unpaired) electrons. The lowest BCUT2D eigenvalue weighted by Gasteiger charge is -2.29. The molecule has 0 bridgehead atoms. The standard InChI is InChI=1S/C74H104N14O18/c1-39(2)59(87-73(105)61(41(5)6)85-67(99)53(29-31-57(91)92)81-69(101)55(37-45-17-13-11-14-18-45)83-63(95)43(9)79-65(97)51(75)35-47-21-25-49(89)26-22-47)71(103)77-33-34-78-72(104)60(40(3)4)88-74(106)62(42(7)8)86-68(100)54(30-32-58(93)94)82-70(102)56(38-46-19-15-12-16-20-46)84-64(96)44(10)80-66(98)52(76)36-48-23-27-50(90)28-24-48/h11-28,39-44,51-56,59-62,89-90H,29-38,75-76H2,1-10H3,(H,77,103)(H,78,104)(H,79,97)(H,80,98)(H,81,101)(H,82,102)(H,83,95)(H,84,96)(H,85,99)(H,86,100)(H,87,105)(H,88,106)(H,91,92)(H,93,94)/t43-,44-,51+,52+,53+,54+,55+,56+,59+,60+,61+,62+/m1/s1. The van der Waals surface area contributed by atoms with Crippen LogP contribution >= 0.6 is 0 Å². The van der Waals surface area contributed by atoms with E-state index in [9.17, 15) is 87.5 Å². The predicted molar refractivity (Wildman–Crippen MR) is 390 cm³/mol. The molecule has 4 aromatic carbocycles. The van der Waals surface area contributed by atoms with E-state index in [1.54, 1.807) is 140 Å². The van der Waals surface area contributed by atoms with Crippen molar-refractivity contribution in [2.24, 2.45) is 35.1 Å². The SMILES string of the molecule is CC(C)[C@H](NC(=O)[C@H](CCC(=O)O)NC(=O)[C@H](Cc1ccccc1)NC(=O)[C@@H](C)NC(=O)[C@@H](N)Cc1ccc(O)cc1)C(=O)N[C@H](C(=O)NCCNC(=O)[C@@H](NC(=O)[C@@H](NC(=O)[C@H](CCC(=O)O)NC(=O)[C@H](Cc1ccccc1)NC(=O)[C@@H](C)NC(=O)[C@@H](N)Cc1ccc(O)cc1)C(C)C)C(C)C)C(C)C. The van der Waals surface area contributed by atoms with Gasteiger partial charge in [-0.15, -0.1) is 0 Å². The number of carboxylic acids is 2. The molecule has 578 valence electrons. The van der Waals surface area contributed by atoms with Gasteiger partial charge in [-0.25, -0.2) is 0 Å². The first-order valence-electron chi connectivity index (χ1n) is 35.1. The van der Waals surface area contributed by atoms with Crippen molar-refractivity contribution in [3.63, 3.8) is 0 Å². The number of nitrogens with one attached hydrogen (secondary N) is 12. The van der Waals surface area contributed by atoms with Gasteiger partial charge in [0.25, 0.3) is 0 Å². The molecule has 0 aliphatic rings. The van der Waals surface area contributed by atoms with Crippen molar-refractivity contribution in [1.82, 2.24) is 63.8 Å². The minimum Gasteiger partial charge on any atom is -0.508 e. The molecule has 32 heteroatoms. The number of phenolic OH excluding ortho intramolecular Hbond substituents is 2. The zero-order chi connectivity index (χ0) is 79.1. The molecule has 0 aromatic heterocycles. The van der Waals surface area contributed by atoms with Crippen LogP contribution in [0.15, 0.2) is 109 Å². The molecule has 0 aliphatic carbocycles. The molecule has 4 aromatic rings. The average molecular weight is 1480 g/mol. The fraction of sp³-hybridized carbons (Fsp3) is 0.486. The number of hydrogen-bond donors (Lipinski definition) is 18. The van der Waals surface area contributed by atoms with E-state index in [2.05, 4.69) is 63.8 Å². The predicted octanol–water partition coefficient (Wildman–Crippen LogP) is -0.503.